The van der Waals surface area contributed by atoms with E-state index in [0.29, 0.717) is 11.5 Å². The van der Waals surface area contributed by atoms with Crippen molar-refractivity contribution in [1.82, 2.24) is 20.2 Å². The van der Waals surface area contributed by atoms with Crippen molar-refractivity contribution in [3.05, 3.63) is 59.3 Å². The smallest absolute Gasteiger partial charge is 0.130 e. The molecular formula is C23H31FN4. The average Bonchev–Trinajstić information content (AvgIpc) is 3.33. The van der Waals surface area contributed by atoms with Crippen LogP contribution in [0.1, 0.15) is 70.3 Å². The Kier molecular flexibility index (Phi) is 7.32. The zero-order valence-corrected chi connectivity index (χ0v) is 17.9. The maximum Gasteiger partial charge on any atom is 0.130 e. The van der Waals surface area contributed by atoms with Crippen LogP contribution >= 0.6 is 0 Å². The SMILES string of the molecule is CC.CC(C)c1nc2ccccc2[nH]1.Cc1c(F)c(C(C)C)cc2[nH]ncc12. The Morgan fingerprint density at radius 3 is 2.25 bits per heavy atom. The van der Waals surface area contributed by atoms with E-state index < -0.39 is 0 Å². The first kappa shape index (κ1) is 21.6. The molecular weight excluding hydrogens is 351 g/mol. The molecule has 5 heteroatoms. The lowest BCUT2D eigenvalue weighted by atomic mass is 9.98. The standard InChI is InChI=1S/C11H13FN2.C10H12N2.C2H6/c1-6(2)8-4-10-9(5-13-14-10)7(3)11(8)12;1-7(2)10-11-8-5-3-4-6-9(8)12-10;1-2/h4-6H,1-3H3,(H,13,14);3-7H,1-2H3,(H,11,12);1-2H3. The van der Waals surface area contributed by atoms with Crippen LogP contribution in [0.3, 0.4) is 0 Å². The van der Waals surface area contributed by atoms with Crippen molar-refractivity contribution in [1.29, 1.82) is 0 Å². The summed E-state index contributed by atoms with van der Waals surface area (Å²) in [5.74, 6) is 1.63. The second-order valence-corrected chi connectivity index (χ2v) is 7.18. The molecule has 0 aliphatic heterocycles. The van der Waals surface area contributed by atoms with E-state index in [1.54, 1.807) is 13.1 Å². The topological polar surface area (TPSA) is 57.4 Å². The van der Waals surface area contributed by atoms with Crippen LogP contribution in [0, 0.1) is 12.7 Å². The summed E-state index contributed by atoms with van der Waals surface area (Å²) in [5, 5.41) is 7.65. The van der Waals surface area contributed by atoms with E-state index in [9.17, 15) is 4.39 Å². The predicted octanol–water partition coefficient (Wildman–Crippen LogP) is 6.85. The minimum Gasteiger partial charge on any atom is -0.342 e. The van der Waals surface area contributed by atoms with Gasteiger partial charge in [0.25, 0.3) is 0 Å². The Morgan fingerprint density at radius 1 is 0.964 bits per heavy atom. The van der Waals surface area contributed by atoms with Crippen molar-refractivity contribution in [2.24, 2.45) is 0 Å². The highest BCUT2D eigenvalue weighted by Gasteiger charge is 2.13. The van der Waals surface area contributed by atoms with Gasteiger partial charge in [-0.15, -0.1) is 0 Å². The lowest BCUT2D eigenvalue weighted by Gasteiger charge is -2.09. The third-order valence-corrected chi connectivity index (χ3v) is 4.53. The normalized spacial score (nSPS) is 10.8. The van der Waals surface area contributed by atoms with Crippen molar-refractivity contribution in [2.45, 2.75) is 60.3 Å². The minimum atomic E-state index is -0.103. The molecule has 0 atom stereocenters. The molecule has 0 fully saturated rings. The van der Waals surface area contributed by atoms with E-state index in [2.05, 4.69) is 34.0 Å². The third kappa shape index (κ3) is 4.58. The highest BCUT2D eigenvalue weighted by Crippen LogP contribution is 2.27. The Balaban J connectivity index is 0.000000186. The summed E-state index contributed by atoms with van der Waals surface area (Å²) in [6.45, 7) is 14.0. The first-order valence-electron chi connectivity index (χ1n) is 9.95. The van der Waals surface area contributed by atoms with Crippen molar-refractivity contribution in [3.8, 4) is 0 Å². The van der Waals surface area contributed by atoms with Crippen LogP contribution in [0.15, 0.2) is 36.5 Å². The van der Waals surface area contributed by atoms with Gasteiger partial charge in [-0.1, -0.05) is 53.7 Å². The van der Waals surface area contributed by atoms with Gasteiger partial charge in [-0.3, -0.25) is 5.10 Å². The largest absolute Gasteiger partial charge is 0.342 e. The summed E-state index contributed by atoms with van der Waals surface area (Å²) < 4.78 is 13.8. The molecule has 4 rings (SSSR count). The molecule has 0 bridgehead atoms. The molecule has 0 aliphatic rings. The number of fused-ring (bicyclic) bond motifs is 2. The van der Waals surface area contributed by atoms with Crippen LogP contribution in [0.25, 0.3) is 21.9 Å². The van der Waals surface area contributed by atoms with Gasteiger partial charge in [0.15, 0.2) is 0 Å². The molecule has 0 saturated carbocycles. The maximum atomic E-state index is 13.8. The van der Waals surface area contributed by atoms with E-state index in [0.717, 1.165) is 33.3 Å². The molecule has 0 radical (unpaired) electrons. The molecule has 150 valence electrons. The predicted molar refractivity (Wildman–Crippen MR) is 116 cm³/mol. The van der Waals surface area contributed by atoms with Gasteiger partial charge < -0.3 is 4.98 Å². The molecule has 2 heterocycles. The molecule has 2 N–H and O–H groups in total. The van der Waals surface area contributed by atoms with Gasteiger partial charge in [0.1, 0.15) is 11.6 Å². The van der Waals surface area contributed by atoms with Crippen molar-refractivity contribution in [3.63, 3.8) is 0 Å². The number of aromatic amines is 2. The fourth-order valence-electron chi connectivity index (χ4n) is 2.92. The quantitative estimate of drug-likeness (QED) is 0.398. The number of aryl methyl sites for hydroxylation is 1. The van der Waals surface area contributed by atoms with Gasteiger partial charge in [0.05, 0.1) is 22.7 Å². The van der Waals surface area contributed by atoms with Gasteiger partial charge in [-0.2, -0.15) is 5.10 Å². The van der Waals surface area contributed by atoms with E-state index in [1.165, 1.54) is 0 Å². The molecule has 2 aromatic heterocycles. The van der Waals surface area contributed by atoms with Crippen LogP contribution < -0.4 is 0 Å². The Bertz CT molecular complexity index is 995. The number of imidazole rings is 1. The van der Waals surface area contributed by atoms with Crippen molar-refractivity contribution >= 4 is 21.9 Å². The second-order valence-electron chi connectivity index (χ2n) is 7.18. The van der Waals surface area contributed by atoms with E-state index in [-0.39, 0.29) is 11.7 Å². The van der Waals surface area contributed by atoms with Crippen LogP contribution in [0.5, 0.6) is 0 Å². The summed E-state index contributed by atoms with van der Waals surface area (Å²) in [6.07, 6.45) is 1.66. The van der Waals surface area contributed by atoms with Gasteiger partial charge in [0, 0.05) is 11.3 Å². The molecule has 0 saturated heterocycles. The number of H-pyrrole nitrogens is 2. The summed E-state index contributed by atoms with van der Waals surface area (Å²) in [4.78, 5) is 7.74. The molecule has 4 nitrogen and oxygen atoms in total. The number of nitrogens with zero attached hydrogens (tertiary/aromatic N) is 2. The molecule has 0 spiro atoms. The minimum absolute atomic E-state index is 0.103. The molecule has 2 aromatic carbocycles. The first-order valence-corrected chi connectivity index (χ1v) is 9.95. The highest BCUT2D eigenvalue weighted by atomic mass is 19.1. The third-order valence-electron chi connectivity index (χ3n) is 4.53. The Hall–Kier alpha value is -2.69. The first-order chi connectivity index (χ1) is 13.4. The van der Waals surface area contributed by atoms with Gasteiger partial charge in [0.2, 0.25) is 0 Å². The summed E-state index contributed by atoms with van der Waals surface area (Å²) in [6, 6.07) is 9.94. The number of nitrogens with one attached hydrogen (secondary N) is 2. The highest BCUT2D eigenvalue weighted by molar-refractivity contribution is 5.82. The lowest BCUT2D eigenvalue weighted by Crippen LogP contribution is -1.96. The number of rotatable bonds is 2. The van der Waals surface area contributed by atoms with Crippen LogP contribution in [0.4, 0.5) is 4.39 Å². The molecule has 4 aromatic rings. The van der Waals surface area contributed by atoms with Crippen molar-refractivity contribution in [2.75, 3.05) is 0 Å². The number of halogens is 1. The summed E-state index contributed by atoms with van der Waals surface area (Å²) in [5.41, 5.74) is 4.52. The van der Waals surface area contributed by atoms with Gasteiger partial charge in [-0.05, 0) is 42.2 Å². The summed E-state index contributed by atoms with van der Waals surface area (Å²) in [7, 11) is 0. The monoisotopic (exact) mass is 382 g/mol. The number of para-hydroxylation sites is 2. The molecule has 28 heavy (non-hydrogen) atoms. The van der Waals surface area contributed by atoms with Gasteiger partial charge >= 0.3 is 0 Å². The summed E-state index contributed by atoms with van der Waals surface area (Å²) >= 11 is 0. The van der Waals surface area contributed by atoms with E-state index in [1.807, 2.05) is 58.0 Å². The van der Waals surface area contributed by atoms with Crippen LogP contribution in [-0.2, 0) is 0 Å². The zero-order chi connectivity index (χ0) is 20.8. The molecule has 0 amide bonds. The van der Waals surface area contributed by atoms with Crippen LogP contribution in [-0.4, -0.2) is 20.2 Å². The molecule has 0 aliphatic carbocycles. The lowest BCUT2D eigenvalue weighted by molar-refractivity contribution is 0.592. The Morgan fingerprint density at radius 2 is 1.64 bits per heavy atom. The number of hydrogen-bond donors (Lipinski definition) is 2. The second kappa shape index (κ2) is 9.49. The van der Waals surface area contributed by atoms with Crippen molar-refractivity contribution < 1.29 is 4.39 Å². The fraction of sp³-hybridized carbons (Fsp3) is 0.391. The number of hydrogen-bond acceptors (Lipinski definition) is 2. The maximum absolute atomic E-state index is 13.8. The fourth-order valence-corrected chi connectivity index (χ4v) is 2.92. The van der Waals surface area contributed by atoms with Crippen LogP contribution in [0.2, 0.25) is 0 Å². The van der Waals surface area contributed by atoms with Gasteiger partial charge in [-0.25, -0.2) is 9.37 Å². The zero-order valence-electron chi connectivity index (χ0n) is 17.9. The molecule has 0 unspecified atom stereocenters. The average molecular weight is 383 g/mol. The van der Waals surface area contributed by atoms with E-state index in [4.69, 9.17) is 0 Å². The van der Waals surface area contributed by atoms with E-state index >= 15 is 0 Å². The Labute approximate surface area is 166 Å². The number of aromatic nitrogens is 4. The number of benzene rings is 2.